The number of carbonyl (C=O) groups is 1. The Kier molecular flexibility index (Phi) is 4.31. The average molecular weight is 207 g/mol. The first-order chi connectivity index (χ1) is 7.08. The van der Waals surface area contributed by atoms with Gasteiger partial charge in [0.15, 0.2) is 0 Å². The van der Waals surface area contributed by atoms with Crippen molar-refractivity contribution in [2.45, 2.75) is 32.8 Å². The van der Waals surface area contributed by atoms with Crippen LogP contribution < -0.4 is 5.32 Å². The molecule has 0 aliphatic heterocycles. The lowest BCUT2D eigenvalue weighted by atomic mass is 10.1. The van der Waals surface area contributed by atoms with Gasteiger partial charge in [-0.2, -0.15) is 0 Å². The quantitative estimate of drug-likeness (QED) is 0.793. The number of nitrogens with one attached hydrogen (secondary N) is 1. The molecule has 1 aromatic carbocycles. The second kappa shape index (κ2) is 5.51. The van der Waals surface area contributed by atoms with E-state index in [4.69, 9.17) is 5.11 Å². The molecule has 0 aliphatic rings. The first-order valence-corrected chi connectivity index (χ1v) is 5.12. The van der Waals surface area contributed by atoms with Gasteiger partial charge >= 0.3 is 0 Å². The largest absolute Gasteiger partial charge is 0.393 e. The molecule has 2 N–H and O–H groups in total. The van der Waals surface area contributed by atoms with E-state index in [1.807, 2.05) is 24.3 Å². The van der Waals surface area contributed by atoms with Gasteiger partial charge in [-0.05, 0) is 37.5 Å². The molecule has 0 aromatic heterocycles. The van der Waals surface area contributed by atoms with E-state index in [2.05, 4.69) is 5.32 Å². The van der Waals surface area contributed by atoms with Crippen molar-refractivity contribution in [2.75, 3.05) is 5.32 Å². The number of aliphatic hydroxyl groups excluding tert-OH is 1. The molecule has 0 saturated carbocycles. The Balaban J connectivity index is 2.52. The summed E-state index contributed by atoms with van der Waals surface area (Å²) in [7, 11) is 0. The SMILES string of the molecule is CC(=O)Nc1ccc(CCC(C)O)cc1. The molecule has 1 amide bonds. The second-order valence-electron chi connectivity index (χ2n) is 3.77. The third-order valence-corrected chi connectivity index (χ3v) is 2.13. The molecule has 0 heterocycles. The minimum Gasteiger partial charge on any atom is -0.393 e. The fourth-order valence-corrected chi connectivity index (χ4v) is 1.33. The lowest BCUT2D eigenvalue weighted by molar-refractivity contribution is -0.114. The predicted octanol–water partition coefficient (Wildman–Crippen LogP) is 1.96. The number of benzene rings is 1. The third-order valence-electron chi connectivity index (χ3n) is 2.13. The van der Waals surface area contributed by atoms with Crippen LogP contribution in [0.4, 0.5) is 5.69 Å². The summed E-state index contributed by atoms with van der Waals surface area (Å²) in [5, 5.41) is 11.8. The summed E-state index contributed by atoms with van der Waals surface area (Å²) < 4.78 is 0. The number of amides is 1. The second-order valence-corrected chi connectivity index (χ2v) is 3.77. The fourth-order valence-electron chi connectivity index (χ4n) is 1.33. The van der Waals surface area contributed by atoms with E-state index in [1.165, 1.54) is 12.5 Å². The zero-order chi connectivity index (χ0) is 11.3. The molecule has 1 aromatic rings. The van der Waals surface area contributed by atoms with Crippen LogP contribution in [0.25, 0.3) is 0 Å². The summed E-state index contributed by atoms with van der Waals surface area (Å²) in [5.41, 5.74) is 1.98. The van der Waals surface area contributed by atoms with Gasteiger partial charge in [-0.3, -0.25) is 4.79 Å². The summed E-state index contributed by atoms with van der Waals surface area (Å²) in [6.45, 7) is 3.27. The van der Waals surface area contributed by atoms with Crippen LogP contribution in [0.3, 0.4) is 0 Å². The van der Waals surface area contributed by atoms with E-state index in [1.54, 1.807) is 6.92 Å². The normalized spacial score (nSPS) is 12.2. The molecular weight excluding hydrogens is 190 g/mol. The number of hydrogen-bond donors (Lipinski definition) is 2. The van der Waals surface area contributed by atoms with E-state index in [0.29, 0.717) is 0 Å². The van der Waals surface area contributed by atoms with Crippen molar-refractivity contribution in [3.8, 4) is 0 Å². The zero-order valence-corrected chi connectivity index (χ0v) is 9.16. The number of anilines is 1. The van der Waals surface area contributed by atoms with Gasteiger partial charge in [-0.25, -0.2) is 0 Å². The highest BCUT2D eigenvalue weighted by atomic mass is 16.3. The predicted molar refractivity (Wildman–Crippen MR) is 60.7 cm³/mol. The van der Waals surface area contributed by atoms with Crippen molar-refractivity contribution < 1.29 is 9.90 Å². The smallest absolute Gasteiger partial charge is 0.221 e. The van der Waals surface area contributed by atoms with E-state index >= 15 is 0 Å². The Morgan fingerprint density at radius 1 is 1.40 bits per heavy atom. The molecule has 0 bridgehead atoms. The Hall–Kier alpha value is -1.35. The zero-order valence-electron chi connectivity index (χ0n) is 9.16. The first-order valence-electron chi connectivity index (χ1n) is 5.12. The number of carbonyl (C=O) groups excluding carboxylic acids is 1. The molecule has 0 aliphatic carbocycles. The fraction of sp³-hybridized carbons (Fsp3) is 0.417. The first kappa shape index (κ1) is 11.7. The van der Waals surface area contributed by atoms with Crippen molar-refractivity contribution in [2.24, 2.45) is 0 Å². The van der Waals surface area contributed by atoms with Crippen LogP contribution >= 0.6 is 0 Å². The van der Waals surface area contributed by atoms with Crippen molar-refractivity contribution >= 4 is 11.6 Å². The van der Waals surface area contributed by atoms with Crippen molar-refractivity contribution in [1.82, 2.24) is 0 Å². The number of aliphatic hydroxyl groups is 1. The van der Waals surface area contributed by atoms with Crippen molar-refractivity contribution in [3.05, 3.63) is 29.8 Å². The van der Waals surface area contributed by atoms with Gasteiger partial charge < -0.3 is 10.4 Å². The molecule has 1 unspecified atom stereocenters. The number of hydrogen-bond acceptors (Lipinski definition) is 2. The van der Waals surface area contributed by atoms with Gasteiger partial charge in [-0.15, -0.1) is 0 Å². The van der Waals surface area contributed by atoms with Gasteiger partial charge in [0.1, 0.15) is 0 Å². The third kappa shape index (κ3) is 4.61. The highest BCUT2D eigenvalue weighted by Gasteiger charge is 1.99. The molecule has 0 fully saturated rings. The van der Waals surface area contributed by atoms with E-state index in [9.17, 15) is 4.79 Å². The van der Waals surface area contributed by atoms with Crippen LogP contribution in [-0.2, 0) is 11.2 Å². The number of rotatable bonds is 4. The molecular formula is C12H17NO2. The summed E-state index contributed by atoms with van der Waals surface area (Å²) >= 11 is 0. The summed E-state index contributed by atoms with van der Waals surface area (Å²) in [5.74, 6) is -0.0632. The topological polar surface area (TPSA) is 49.3 Å². The van der Waals surface area contributed by atoms with Crippen molar-refractivity contribution in [3.63, 3.8) is 0 Å². The minimum atomic E-state index is -0.264. The van der Waals surface area contributed by atoms with E-state index < -0.39 is 0 Å². The maximum atomic E-state index is 10.8. The average Bonchev–Trinajstić information content (AvgIpc) is 2.16. The Morgan fingerprint density at radius 3 is 2.47 bits per heavy atom. The van der Waals surface area contributed by atoms with Crippen LogP contribution in [0, 0.1) is 0 Å². The van der Waals surface area contributed by atoms with Gasteiger partial charge in [-0.1, -0.05) is 12.1 Å². The number of aryl methyl sites for hydroxylation is 1. The van der Waals surface area contributed by atoms with Crippen LogP contribution in [0.15, 0.2) is 24.3 Å². The van der Waals surface area contributed by atoms with Gasteiger partial charge in [0.2, 0.25) is 5.91 Å². The van der Waals surface area contributed by atoms with Crippen LogP contribution in [0.5, 0.6) is 0 Å². The van der Waals surface area contributed by atoms with Gasteiger partial charge in [0.05, 0.1) is 6.10 Å². The summed E-state index contributed by atoms with van der Waals surface area (Å²) in [6.07, 6.45) is 1.36. The van der Waals surface area contributed by atoms with Crippen molar-refractivity contribution in [1.29, 1.82) is 0 Å². The minimum absolute atomic E-state index is 0.0632. The Labute approximate surface area is 90.1 Å². The van der Waals surface area contributed by atoms with Crippen LogP contribution in [0.2, 0.25) is 0 Å². The highest BCUT2D eigenvalue weighted by molar-refractivity contribution is 5.88. The standard InChI is InChI=1S/C12H17NO2/c1-9(14)3-4-11-5-7-12(8-6-11)13-10(2)15/h5-9,14H,3-4H2,1-2H3,(H,13,15). The van der Waals surface area contributed by atoms with E-state index in [-0.39, 0.29) is 12.0 Å². The lowest BCUT2D eigenvalue weighted by Crippen LogP contribution is -2.05. The molecule has 0 spiro atoms. The molecule has 0 radical (unpaired) electrons. The Morgan fingerprint density at radius 2 is 2.00 bits per heavy atom. The Bertz CT molecular complexity index is 317. The molecule has 1 rings (SSSR count). The maximum absolute atomic E-state index is 10.8. The maximum Gasteiger partial charge on any atom is 0.221 e. The van der Waals surface area contributed by atoms with E-state index in [0.717, 1.165) is 18.5 Å². The van der Waals surface area contributed by atoms with Gasteiger partial charge in [0.25, 0.3) is 0 Å². The summed E-state index contributed by atoms with van der Waals surface area (Å²) in [6, 6.07) is 7.68. The lowest BCUT2D eigenvalue weighted by Gasteiger charge is -2.06. The van der Waals surface area contributed by atoms with Crippen LogP contribution in [-0.4, -0.2) is 17.1 Å². The summed E-state index contributed by atoms with van der Waals surface area (Å²) in [4.78, 5) is 10.8. The monoisotopic (exact) mass is 207 g/mol. The molecule has 0 saturated heterocycles. The molecule has 82 valence electrons. The molecule has 15 heavy (non-hydrogen) atoms. The van der Waals surface area contributed by atoms with Gasteiger partial charge in [0, 0.05) is 12.6 Å². The molecule has 3 nitrogen and oxygen atoms in total. The van der Waals surface area contributed by atoms with Crippen LogP contribution in [0.1, 0.15) is 25.8 Å². The molecule has 3 heteroatoms. The highest BCUT2D eigenvalue weighted by Crippen LogP contribution is 2.11. The molecule has 1 atom stereocenters.